The van der Waals surface area contributed by atoms with Gasteiger partial charge in [-0.3, -0.25) is 4.68 Å². The number of thiazole rings is 1. The smallest absolute Gasteiger partial charge is 0.404 e. The Labute approximate surface area is 152 Å². The van der Waals surface area contributed by atoms with Crippen LogP contribution in [0.2, 0.25) is 0 Å². The molecule has 0 atom stereocenters. The predicted molar refractivity (Wildman–Crippen MR) is 95.8 cm³/mol. The zero-order valence-electron chi connectivity index (χ0n) is 13.6. The standard InChI is InChI=1S/C16H16N4O3S2/c1-20-8-11(6-19-20)10-3-12(22-2)5-13(4-10)24-15-7-18-14(25-15)9-23-16(17)21/h3-8H,9H2,1-2H3,(H2,17,21). The summed E-state index contributed by atoms with van der Waals surface area (Å²) in [5, 5.41) is 4.90. The summed E-state index contributed by atoms with van der Waals surface area (Å²) in [5.74, 6) is 0.769. The molecule has 0 saturated heterocycles. The van der Waals surface area contributed by atoms with E-state index in [0.29, 0.717) is 5.01 Å². The van der Waals surface area contributed by atoms with Gasteiger partial charge in [-0.25, -0.2) is 9.78 Å². The Hall–Kier alpha value is -2.52. The summed E-state index contributed by atoms with van der Waals surface area (Å²) in [7, 11) is 3.52. The van der Waals surface area contributed by atoms with E-state index in [9.17, 15) is 4.79 Å². The van der Waals surface area contributed by atoms with E-state index in [1.807, 2.05) is 31.6 Å². The highest BCUT2D eigenvalue weighted by Crippen LogP contribution is 2.37. The molecule has 0 unspecified atom stereocenters. The predicted octanol–water partition coefficient (Wildman–Crippen LogP) is 3.30. The quantitative estimate of drug-likeness (QED) is 0.710. The maximum absolute atomic E-state index is 10.7. The van der Waals surface area contributed by atoms with Crippen molar-refractivity contribution in [2.75, 3.05) is 7.11 Å². The first-order valence-electron chi connectivity index (χ1n) is 7.26. The molecule has 0 aliphatic heterocycles. The van der Waals surface area contributed by atoms with E-state index in [2.05, 4.69) is 16.1 Å². The molecule has 9 heteroatoms. The number of hydrogen-bond acceptors (Lipinski definition) is 7. The number of hydrogen-bond donors (Lipinski definition) is 1. The highest BCUT2D eigenvalue weighted by atomic mass is 32.2. The van der Waals surface area contributed by atoms with Gasteiger partial charge in [-0.05, 0) is 23.8 Å². The summed E-state index contributed by atoms with van der Waals surface area (Å²) in [4.78, 5) is 15.9. The number of methoxy groups -OCH3 is 1. The minimum atomic E-state index is -0.807. The van der Waals surface area contributed by atoms with Gasteiger partial charge < -0.3 is 15.2 Å². The van der Waals surface area contributed by atoms with Crippen molar-refractivity contribution in [1.29, 1.82) is 0 Å². The van der Waals surface area contributed by atoms with E-state index in [1.54, 1.807) is 29.8 Å². The van der Waals surface area contributed by atoms with Gasteiger partial charge in [0.15, 0.2) is 0 Å². The van der Waals surface area contributed by atoms with Crippen molar-refractivity contribution in [3.8, 4) is 16.9 Å². The van der Waals surface area contributed by atoms with Crippen LogP contribution >= 0.6 is 23.1 Å². The lowest BCUT2D eigenvalue weighted by Crippen LogP contribution is -2.12. The number of aryl methyl sites for hydroxylation is 1. The van der Waals surface area contributed by atoms with E-state index in [-0.39, 0.29) is 6.61 Å². The Kier molecular flexibility index (Phi) is 5.25. The Morgan fingerprint density at radius 3 is 2.84 bits per heavy atom. The Morgan fingerprint density at radius 2 is 2.16 bits per heavy atom. The van der Waals surface area contributed by atoms with Gasteiger partial charge in [-0.2, -0.15) is 5.10 Å². The maximum Gasteiger partial charge on any atom is 0.404 e. The van der Waals surface area contributed by atoms with Crippen LogP contribution in [0.1, 0.15) is 5.01 Å². The number of nitrogens with two attached hydrogens (primary N) is 1. The molecular formula is C16H16N4O3S2. The molecule has 0 fully saturated rings. The molecule has 2 aromatic heterocycles. The van der Waals surface area contributed by atoms with Crippen molar-refractivity contribution >= 4 is 29.2 Å². The van der Waals surface area contributed by atoms with Gasteiger partial charge in [0.1, 0.15) is 17.4 Å². The summed E-state index contributed by atoms with van der Waals surface area (Å²) in [5.41, 5.74) is 7.01. The normalized spacial score (nSPS) is 10.6. The first kappa shape index (κ1) is 17.3. The molecule has 3 aromatic rings. The van der Waals surface area contributed by atoms with Crippen LogP contribution in [0.15, 0.2) is 45.9 Å². The summed E-state index contributed by atoms with van der Waals surface area (Å²) >= 11 is 3.02. The second kappa shape index (κ2) is 7.58. The van der Waals surface area contributed by atoms with Crippen LogP contribution in [0.25, 0.3) is 11.1 Å². The first-order valence-corrected chi connectivity index (χ1v) is 8.89. The lowest BCUT2D eigenvalue weighted by molar-refractivity contribution is 0.150. The zero-order chi connectivity index (χ0) is 17.8. The third-order valence-electron chi connectivity index (χ3n) is 3.24. The van der Waals surface area contributed by atoms with Crippen LogP contribution in [0.4, 0.5) is 4.79 Å². The Balaban J connectivity index is 1.81. The highest BCUT2D eigenvalue weighted by Gasteiger charge is 2.10. The topological polar surface area (TPSA) is 92.3 Å². The third kappa shape index (κ3) is 4.52. The molecule has 0 aliphatic carbocycles. The summed E-state index contributed by atoms with van der Waals surface area (Å²) in [6.07, 6.45) is 4.71. The monoisotopic (exact) mass is 376 g/mol. The molecule has 7 nitrogen and oxygen atoms in total. The van der Waals surface area contributed by atoms with Crippen molar-refractivity contribution in [1.82, 2.24) is 14.8 Å². The van der Waals surface area contributed by atoms with Crippen molar-refractivity contribution in [3.05, 3.63) is 41.8 Å². The summed E-state index contributed by atoms with van der Waals surface area (Å²) in [6, 6.07) is 6.01. The van der Waals surface area contributed by atoms with Crippen molar-refractivity contribution in [3.63, 3.8) is 0 Å². The highest BCUT2D eigenvalue weighted by molar-refractivity contribution is 8.01. The average Bonchev–Trinajstić information content (AvgIpc) is 3.21. The lowest BCUT2D eigenvalue weighted by Gasteiger charge is -2.07. The first-order chi connectivity index (χ1) is 12.0. The third-order valence-corrected chi connectivity index (χ3v) is 5.29. The minimum Gasteiger partial charge on any atom is -0.497 e. The zero-order valence-corrected chi connectivity index (χ0v) is 15.3. The number of benzene rings is 1. The Morgan fingerprint density at radius 1 is 1.32 bits per heavy atom. The van der Waals surface area contributed by atoms with E-state index >= 15 is 0 Å². The van der Waals surface area contributed by atoms with Gasteiger partial charge >= 0.3 is 6.09 Å². The number of amides is 1. The van der Waals surface area contributed by atoms with Crippen LogP contribution in [-0.4, -0.2) is 28.0 Å². The Bertz CT molecular complexity index is 891. The van der Waals surface area contributed by atoms with Gasteiger partial charge in [-0.15, -0.1) is 11.3 Å². The molecule has 25 heavy (non-hydrogen) atoms. The maximum atomic E-state index is 10.7. The van der Waals surface area contributed by atoms with Gasteiger partial charge in [0.2, 0.25) is 0 Å². The van der Waals surface area contributed by atoms with E-state index in [1.165, 1.54) is 11.3 Å². The number of carbonyl (C=O) groups is 1. The molecule has 0 spiro atoms. The van der Waals surface area contributed by atoms with Gasteiger partial charge in [0.05, 0.1) is 23.7 Å². The summed E-state index contributed by atoms with van der Waals surface area (Å²) < 4.78 is 12.9. The van der Waals surface area contributed by atoms with Crippen molar-refractivity contribution < 1.29 is 14.3 Å². The number of aromatic nitrogens is 3. The summed E-state index contributed by atoms with van der Waals surface area (Å²) in [6.45, 7) is 0.0829. The molecule has 0 saturated carbocycles. The number of carbonyl (C=O) groups excluding carboxylic acids is 1. The van der Waals surface area contributed by atoms with Crippen molar-refractivity contribution in [2.45, 2.75) is 15.7 Å². The SMILES string of the molecule is COc1cc(Sc2cnc(COC(N)=O)s2)cc(-c2cnn(C)c2)c1. The van der Waals surface area contributed by atoms with E-state index in [0.717, 1.165) is 26.0 Å². The fourth-order valence-electron chi connectivity index (χ4n) is 2.14. The van der Waals surface area contributed by atoms with E-state index < -0.39 is 6.09 Å². The molecule has 2 N–H and O–H groups in total. The second-order valence-corrected chi connectivity index (χ2v) is 7.57. The van der Waals surface area contributed by atoms with E-state index in [4.69, 9.17) is 15.2 Å². The molecule has 0 radical (unpaired) electrons. The number of rotatable bonds is 6. The molecule has 3 rings (SSSR count). The molecule has 130 valence electrons. The molecule has 0 aliphatic rings. The van der Waals surface area contributed by atoms with Crippen molar-refractivity contribution in [2.24, 2.45) is 12.8 Å². The fourth-order valence-corrected chi connectivity index (χ4v) is 4.15. The molecule has 0 bridgehead atoms. The van der Waals surface area contributed by atoms with Gasteiger partial charge in [0, 0.05) is 23.7 Å². The van der Waals surface area contributed by atoms with Gasteiger partial charge in [0.25, 0.3) is 0 Å². The lowest BCUT2D eigenvalue weighted by atomic mass is 10.1. The average molecular weight is 376 g/mol. The fraction of sp³-hybridized carbons (Fsp3) is 0.188. The van der Waals surface area contributed by atoms with Gasteiger partial charge in [-0.1, -0.05) is 11.8 Å². The molecular weight excluding hydrogens is 360 g/mol. The van der Waals surface area contributed by atoms with Crippen LogP contribution < -0.4 is 10.5 Å². The van der Waals surface area contributed by atoms with Crippen LogP contribution in [0.5, 0.6) is 5.75 Å². The number of nitrogens with zero attached hydrogens (tertiary/aromatic N) is 3. The van der Waals surface area contributed by atoms with Crippen LogP contribution in [0, 0.1) is 0 Å². The number of primary amides is 1. The largest absolute Gasteiger partial charge is 0.497 e. The molecule has 1 aromatic carbocycles. The van der Waals surface area contributed by atoms with Crippen LogP contribution in [-0.2, 0) is 18.4 Å². The second-order valence-electron chi connectivity index (χ2n) is 5.08. The molecule has 1 amide bonds. The number of ether oxygens (including phenoxy) is 2. The molecule has 2 heterocycles. The van der Waals surface area contributed by atoms with Crippen LogP contribution in [0.3, 0.4) is 0 Å². The minimum absolute atomic E-state index is 0.0829.